The summed E-state index contributed by atoms with van der Waals surface area (Å²) in [5.41, 5.74) is 0. The third-order valence-electron chi connectivity index (χ3n) is 5.23. The summed E-state index contributed by atoms with van der Waals surface area (Å²) >= 11 is 0. The van der Waals surface area contributed by atoms with Gasteiger partial charge >= 0.3 is 12.2 Å². The summed E-state index contributed by atoms with van der Waals surface area (Å²) in [6, 6.07) is -2.64. The van der Waals surface area contributed by atoms with Crippen LogP contribution in [0.4, 0.5) is 13.2 Å². The van der Waals surface area contributed by atoms with E-state index in [1.165, 1.54) is 0 Å². The van der Waals surface area contributed by atoms with Crippen molar-refractivity contribution >= 4 is 8.32 Å². The summed E-state index contributed by atoms with van der Waals surface area (Å²) in [5.74, 6) is -0.394. The molecule has 23 heavy (non-hydrogen) atoms. The van der Waals surface area contributed by atoms with E-state index in [4.69, 9.17) is 4.43 Å². The predicted molar refractivity (Wildman–Crippen MR) is 85.5 cm³/mol. The van der Waals surface area contributed by atoms with Crippen LogP contribution >= 0.6 is 0 Å². The first kappa shape index (κ1) is 20.4. The van der Waals surface area contributed by atoms with Crippen molar-refractivity contribution in [2.24, 2.45) is 5.92 Å². The SMILES string of the molecule is CC(C)(C)[Si](C)(C)O[C@@H](C1CCCCC1)[C@@H]([N+](=O)[O-])C(F)(F)F. The van der Waals surface area contributed by atoms with Crippen LogP contribution in [0.5, 0.6) is 0 Å². The van der Waals surface area contributed by atoms with Crippen LogP contribution in [-0.4, -0.2) is 31.6 Å². The van der Waals surface area contributed by atoms with Crippen molar-refractivity contribution in [2.75, 3.05) is 0 Å². The maximum Gasteiger partial charge on any atom is 0.460 e. The Morgan fingerprint density at radius 2 is 1.61 bits per heavy atom. The second-order valence-electron chi connectivity index (χ2n) is 8.01. The highest BCUT2D eigenvalue weighted by Gasteiger charge is 2.59. The lowest BCUT2D eigenvalue weighted by Gasteiger charge is -2.42. The molecular formula is C15H28F3NO3Si. The van der Waals surface area contributed by atoms with E-state index >= 15 is 0 Å². The zero-order valence-corrected chi connectivity index (χ0v) is 15.6. The minimum Gasteiger partial charge on any atom is -0.406 e. The largest absolute Gasteiger partial charge is 0.460 e. The Balaban J connectivity index is 3.17. The van der Waals surface area contributed by atoms with Gasteiger partial charge < -0.3 is 4.43 Å². The van der Waals surface area contributed by atoms with Gasteiger partial charge in [-0.3, -0.25) is 10.1 Å². The number of rotatable bonds is 5. The molecule has 0 aromatic rings. The van der Waals surface area contributed by atoms with Gasteiger partial charge in [0.15, 0.2) is 8.32 Å². The molecule has 1 aliphatic carbocycles. The van der Waals surface area contributed by atoms with Gasteiger partial charge in [-0.25, -0.2) is 0 Å². The van der Waals surface area contributed by atoms with E-state index in [-0.39, 0.29) is 5.04 Å². The van der Waals surface area contributed by atoms with Crippen molar-refractivity contribution in [1.82, 2.24) is 0 Å². The molecule has 0 amide bonds. The predicted octanol–water partition coefficient (Wildman–Crippen LogP) is 5.16. The van der Waals surface area contributed by atoms with Gasteiger partial charge in [-0.2, -0.15) is 13.2 Å². The topological polar surface area (TPSA) is 52.4 Å². The summed E-state index contributed by atoms with van der Waals surface area (Å²) in [6.45, 7) is 9.45. The van der Waals surface area contributed by atoms with E-state index in [1.54, 1.807) is 0 Å². The Morgan fingerprint density at radius 1 is 1.13 bits per heavy atom. The van der Waals surface area contributed by atoms with Crippen LogP contribution in [0.3, 0.4) is 0 Å². The van der Waals surface area contributed by atoms with Crippen LogP contribution < -0.4 is 0 Å². The van der Waals surface area contributed by atoms with Gasteiger partial charge in [0.2, 0.25) is 0 Å². The Bertz CT molecular complexity index is 415. The lowest BCUT2D eigenvalue weighted by Crippen LogP contribution is -2.56. The third kappa shape index (κ3) is 5.17. The number of hydrogen-bond acceptors (Lipinski definition) is 3. The highest BCUT2D eigenvalue weighted by molar-refractivity contribution is 6.74. The van der Waals surface area contributed by atoms with Crippen LogP contribution in [0.15, 0.2) is 0 Å². The molecule has 0 aromatic carbocycles. The summed E-state index contributed by atoms with van der Waals surface area (Å²) in [7, 11) is -2.54. The van der Waals surface area contributed by atoms with Crippen molar-refractivity contribution < 1.29 is 22.5 Å². The summed E-state index contributed by atoms with van der Waals surface area (Å²) in [5, 5.41) is 10.9. The van der Waals surface area contributed by atoms with Crippen molar-refractivity contribution in [3.8, 4) is 0 Å². The fraction of sp³-hybridized carbons (Fsp3) is 1.00. The van der Waals surface area contributed by atoms with E-state index in [0.717, 1.165) is 19.3 Å². The van der Waals surface area contributed by atoms with Crippen molar-refractivity contribution in [2.45, 2.75) is 89.3 Å². The first-order valence-corrected chi connectivity index (χ1v) is 11.1. The van der Waals surface area contributed by atoms with Gasteiger partial charge in [0.1, 0.15) is 6.10 Å². The molecular weight excluding hydrogens is 327 g/mol. The van der Waals surface area contributed by atoms with Crippen molar-refractivity contribution in [3.63, 3.8) is 0 Å². The molecule has 0 spiro atoms. The molecule has 1 saturated carbocycles. The zero-order chi connectivity index (χ0) is 18.1. The van der Waals surface area contributed by atoms with E-state index < -0.39 is 37.5 Å². The fourth-order valence-corrected chi connectivity index (χ4v) is 4.18. The maximum absolute atomic E-state index is 13.3. The molecule has 2 atom stereocenters. The van der Waals surface area contributed by atoms with Gasteiger partial charge in [0.25, 0.3) is 0 Å². The highest BCUT2D eigenvalue weighted by Crippen LogP contribution is 2.42. The van der Waals surface area contributed by atoms with Crippen LogP contribution in [-0.2, 0) is 4.43 Å². The molecule has 0 saturated heterocycles. The van der Waals surface area contributed by atoms with Crippen molar-refractivity contribution in [1.29, 1.82) is 0 Å². The van der Waals surface area contributed by atoms with E-state index in [9.17, 15) is 23.3 Å². The van der Waals surface area contributed by atoms with Gasteiger partial charge in [-0.05, 0) is 36.9 Å². The van der Waals surface area contributed by atoms with Crippen molar-refractivity contribution in [3.05, 3.63) is 10.1 Å². The molecule has 0 radical (unpaired) electrons. The monoisotopic (exact) mass is 355 g/mol. The van der Waals surface area contributed by atoms with E-state index in [1.807, 2.05) is 33.9 Å². The first-order chi connectivity index (χ1) is 10.3. The molecule has 1 aliphatic rings. The summed E-state index contributed by atoms with van der Waals surface area (Å²) < 4.78 is 46.0. The molecule has 0 aliphatic heterocycles. The minimum absolute atomic E-state index is 0.299. The minimum atomic E-state index is -4.89. The smallest absolute Gasteiger partial charge is 0.406 e. The molecule has 1 fully saturated rings. The van der Waals surface area contributed by atoms with Gasteiger partial charge in [-0.15, -0.1) is 0 Å². The zero-order valence-electron chi connectivity index (χ0n) is 14.6. The third-order valence-corrected chi connectivity index (χ3v) is 9.70. The molecule has 136 valence electrons. The number of alkyl halides is 3. The number of halogens is 3. The molecule has 8 heteroatoms. The molecule has 0 heterocycles. The Kier molecular flexibility index (Phi) is 6.29. The summed E-state index contributed by atoms with van der Waals surface area (Å²) in [4.78, 5) is 9.98. The molecule has 0 N–H and O–H groups in total. The number of nitrogens with zero attached hydrogens (tertiary/aromatic N) is 1. The van der Waals surface area contributed by atoms with Gasteiger partial charge in [-0.1, -0.05) is 40.0 Å². The second kappa shape index (κ2) is 7.09. The van der Waals surface area contributed by atoms with Crippen LogP contribution in [0.25, 0.3) is 0 Å². The molecule has 4 nitrogen and oxygen atoms in total. The van der Waals surface area contributed by atoms with Crippen LogP contribution in [0, 0.1) is 16.0 Å². The number of hydrogen-bond donors (Lipinski definition) is 0. The summed E-state index contributed by atoms with van der Waals surface area (Å²) in [6.07, 6.45) is -2.55. The van der Waals surface area contributed by atoms with E-state index in [0.29, 0.717) is 12.8 Å². The lowest BCUT2D eigenvalue weighted by molar-refractivity contribution is -0.575. The van der Waals surface area contributed by atoms with Crippen LogP contribution in [0.1, 0.15) is 52.9 Å². The standard InChI is InChI=1S/C15H28F3NO3Si/c1-14(2,3)23(4,5)22-12(11-9-7-6-8-10-11)13(19(20)21)15(16,17)18/h11-13H,6-10H2,1-5H3/t12-,13+/m0/s1. The average molecular weight is 355 g/mol. The molecule has 1 rings (SSSR count). The Hall–Kier alpha value is -0.633. The first-order valence-electron chi connectivity index (χ1n) is 8.15. The average Bonchev–Trinajstić information content (AvgIpc) is 2.35. The van der Waals surface area contributed by atoms with Gasteiger partial charge in [0, 0.05) is 4.92 Å². The normalized spacial score (nSPS) is 21.0. The van der Waals surface area contributed by atoms with Crippen LogP contribution in [0.2, 0.25) is 18.1 Å². The molecule has 0 bridgehead atoms. The van der Waals surface area contributed by atoms with Gasteiger partial charge in [0.05, 0.1) is 0 Å². The fourth-order valence-electron chi connectivity index (χ4n) is 2.82. The maximum atomic E-state index is 13.3. The number of nitro groups is 1. The Morgan fingerprint density at radius 3 is 1.96 bits per heavy atom. The quantitative estimate of drug-likeness (QED) is 0.389. The molecule has 0 unspecified atom stereocenters. The lowest BCUT2D eigenvalue weighted by atomic mass is 9.82. The van der Waals surface area contributed by atoms with E-state index in [2.05, 4.69) is 0 Å². The molecule has 0 aromatic heterocycles. The highest BCUT2D eigenvalue weighted by atomic mass is 28.4. The Labute approximate surface area is 137 Å². The second-order valence-corrected chi connectivity index (χ2v) is 12.8.